The molecule has 1 heterocycles. The minimum absolute atomic E-state index is 0.933. The summed E-state index contributed by atoms with van der Waals surface area (Å²) in [7, 11) is 0. The van der Waals surface area contributed by atoms with Crippen molar-refractivity contribution in [3.05, 3.63) is 35.9 Å². The van der Waals surface area contributed by atoms with Gasteiger partial charge in [0.1, 0.15) is 0 Å². The van der Waals surface area contributed by atoms with Crippen LogP contribution in [0.5, 0.6) is 0 Å². The minimum Gasteiger partial charge on any atom is -0.335 e. The summed E-state index contributed by atoms with van der Waals surface area (Å²) in [5, 5.41) is 0. The fourth-order valence-corrected chi connectivity index (χ4v) is 2.91. The first-order valence-corrected chi connectivity index (χ1v) is 7.26. The van der Waals surface area contributed by atoms with Crippen LogP contribution in [0.1, 0.15) is 38.2 Å². The van der Waals surface area contributed by atoms with Crippen molar-refractivity contribution in [3.63, 3.8) is 0 Å². The third kappa shape index (κ3) is 4.16. The van der Waals surface area contributed by atoms with Crippen LogP contribution in [0.4, 0.5) is 0 Å². The van der Waals surface area contributed by atoms with Crippen LogP contribution in [-0.4, -0.2) is 19.6 Å². The first-order valence-electron chi connectivity index (χ1n) is 7.26. The second-order valence-electron chi connectivity index (χ2n) is 5.49. The largest absolute Gasteiger partial charge is 0.335 e. The molecule has 1 aliphatic rings. The molecule has 1 saturated heterocycles. The number of hydrogen-bond donors (Lipinski definition) is 1. The van der Waals surface area contributed by atoms with Crippen LogP contribution in [0.3, 0.4) is 0 Å². The fourth-order valence-electron chi connectivity index (χ4n) is 2.91. The van der Waals surface area contributed by atoms with E-state index in [9.17, 15) is 0 Å². The van der Waals surface area contributed by atoms with Crippen LogP contribution < -0.4 is 4.90 Å². The standard InChI is InChI=1S/C16H25N/c1-2-3-11-17-12-9-16(10-13-17)14-15-7-5-4-6-8-15/h4-8,16H,2-3,9-14H2,1H3/p+1. The second-order valence-corrected chi connectivity index (χ2v) is 5.49. The summed E-state index contributed by atoms with van der Waals surface area (Å²) in [5.41, 5.74) is 1.52. The summed E-state index contributed by atoms with van der Waals surface area (Å²) in [6.07, 6.45) is 6.89. The van der Waals surface area contributed by atoms with Crippen molar-refractivity contribution < 1.29 is 4.90 Å². The second kappa shape index (κ2) is 6.80. The van der Waals surface area contributed by atoms with Gasteiger partial charge in [0, 0.05) is 0 Å². The van der Waals surface area contributed by atoms with Gasteiger partial charge in [-0.25, -0.2) is 0 Å². The highest BCUT2D eigenvalue weighted by molar-refractivity contribution is 5.15. The molecule has 1 aliphatic heterocycles. The number of rotatable bonds is 5. The molecular weight excluding hydrogens is 206 g/mol. The van der Waals surface area contributed by atoms with Gasteiger partial charge in [0.15, 0.2) is 0 Å². The zero-order chi connectivity index (χ0) is 11.9. The minimum atomic E-state index is 0.933. The Labute approximate surface area is 106 Å². The number of unbranched alkanes of at least 4 members (excludes halogenated alkanes) is 1. The first-order chi connectivity index (χ1) is 8.38. The van der Waals surface area contributed by atoms with Crippen LogP contribution in [0.2, 0.25) is 0 Å². The monoisotopic (exact) mass is 232 g/mol. The van der Waals surface area contributed by atoms with Crippen molar-refractivity contribution in [2.75, 3.05) is 19.6 Å². The predicted octanol–water partition coefficient (Wildman–Crippen LogP) is 2.32. The van der Waals surface area contributed by atoms with Gasteiger partial charge >= 0.3 is 0 Å². The van der Waals surface area contributed by atoms with Crippen LogP contribution in [0.25, 0.3) is 0 Å². The summed E-state index contributed by atoms with van der Waals surface area (Å²) in [6, 6.07) is 11.0. The van der Waals surface area contributed by atoms with Gasteiger partial charge in [-0.1, -0.05) is 43.7 Å². The number of likely N-dealkylation sites (tertiary alicyclic amines) is 1. The third-order valence-electron chi connectivity index (χ3n) is 4.06. The van der Waals surface area contributed by atoms with Crippen LogP contribution in [0.15, 0.2) is 30.3 Å². The maximum absolute atomic E-state index is 2.29. The number of benzene rings is 1. The van der Waals surface area contributed by atoms with E-state index >= 15 is 0 Å². The molecule has 0 radical (unpaired) electrons. The zero-order valence-corrected chi connectivity index (χ0v) is 11.1. The normalized spacial score (nSPS) is 24.8. The molecule has 0 unspecified atom stereocenters. The van der Waals surface area contributed by atoms with Gasteiger partial charge in [-0.3, -0.25) is 0 Å². The first kappa shape index (κ1) is 12.6. The number of hydrogen-bond acceptors (Lipinski definition) is 0. The Bertz CT molecular complexity index is 299. The highest BCUT2D eigenvalue weighted by Crippen LogP contribution is 2.16. The lowest BCUT2D eigenvalue weighted by Crippen LogP contribution is -3.13. The van der Waals surface area contributed by atoms with Crippen molar-refractivity contribution >= 4 is 0 Å². The highest BCUT2D eigenvalue weighted by Gasteiger charge is 2.21. The van der Waals surface area contributed by atoms with Crippen LogP contribution in [0, 0.1) is 5.92 Å². The predicted molar refractivity (Wildman–Crippen MR) is 73.3 cm³/mol. The SMILES string of the molecule is CCCC[NH+]1CCC(Cc2ccccc2)CC1. The molecular formula is C16H26N+. The molecule has 0 bridgehead atoms. The van der Waals surface area contributed by atoms with Crippen LogP contribution >= 0.6 is 0 Å². The topological polar surface area (TPSA) is 4.44 Å². The Balaban J connectivity index is 1.72. The molecule has 17 heavy (non-hydrogen) atoms. The Morgan fingerprint density at radius 2 is 1.82 bits per heavy atom. The lowest BCUT2D eigenvalue weighted by Gasteiger charge is -2.29. The molecule has 0 aromatic heterocycles. The zero-order valence-electron chi connectivity index (χ0n) is 11.1. The summed E-state index contributed by atoms with van der Waals surface area (Å²) in [4.78, 5) is 1.84. The molecule has 2 rings (SSSR count). The molecule has 0 amide bonds. The van der Waals surface area contributed by atoms with E-state index < -0.39 is 0 Å². The van der Waals surface area contributed by atoms with E-state index in [1.54, 1.807) is 0 Å². The highest BCUT2D eigenvalue weighted by atomic mass is 15.1. The van der Waals surface area contributed by atoms with Gasteiger partial charge in [-0.15, -0.1) is 0 Å². The third-order valence-corrected chi connectivity index (χ3v) is 4.06. The van der Waals surface area contributed by atoms with Gasteiger partial charge in [0.25, 0.3) is 0 Å². The molecule has 0 spiro atoms. The lowest BCUT2D eigenvalue weighted by atomic mass is 9.90. The molecule has 1 N–H and O–H groups in total. The van der Waals surface area contributed by atoms with Gasteiger partial charge < -0.3 is 4.90 Å². The summed E-state index contributed by atoms with van der Waals surface area (Å²) >= 11 is 0. The number of piperidine rings is 1. The van der Waals surface area contributed by atoms with E-state index in [4.69, 9.17) is 0 Å². The molecule has 1 nitrogen and oxygen atoms in total. The van der Waals surface area contributed by atoms with E-state index in [1.165, 1.54) is 57.3 Å². The molecule has 94 valence electrons. The summed E-state index contributed by atoms with van der Waals surface area (Å²) in [6.45, 7) is 6.49. The van der Waals surface area contributed by atoms with Gasteiger partial charge in [0.2, 0.25) is 0 Å². The molecule has 0 atom stereocenters. The van der Waals surface area contributed by atoms with Crippen molar-refractivity contribution in [2.45, 2.75) is 39.0 Å². The quantitative estimate of drug-likeness (QED) is 0.795. The van der Waals surface area contributed by atoms with Crippen molar-refractivity contribution in [3.8, 4) is 0 Å². The van der Waals surface area contributed by atoms with Gasteiger partial charge in [-0.05, 0) is 37.2 Å². The average molecular weight is 232 g/mol. The molecule has 0 saturated carbocycles. The maximum atomic E-state index is 2.29. The molecule has 1 aromatic rings. The molecule has 1 fully saturated rings. The smallest absolute Gasteiger partial charge is 0.0773 e. The maximum Gasteiger partial charge on any atom is 0.0773 e. The average Bonchev–Trinajstić information content (AvgIpc) is 2.39. The molecule has 0 aliphatic carbocycles. The van der Waals surface area contributed by atoms with Crippen molar-refractivity contribution in [1.82, 2.24) is 0 Å². The molecule has 1 aromatic carbocycles. The van der Waals surface area contributed by atoms with Crippen molar-refractivity contribution in [1.29, 1.82) is 0 Å². The summed E-state index contributed by atoms with van der Waals surface area (Å²) < 4.78 is 0. The van der Waals surface area contributed by atoms with Gasteiger partial charge in [0.05, 0.1) is 19.6 Å². The Hall–Kier alpha value is -0.820. The summed E-state index contributed by atoms with van der Waals surface area (Å²) in [5.74, 6) is 0.933. The van der Waals surface area contributed by atoms with Gasteiger partial charge in [-0.2, -0.15) is 0 Å². The Kier molecular flexibility index (Phi) is 5.06. The molecule has 1 heteroatoms. The number of nitrogens with one attached hydrogen (secondary N) is 1. The van der Waals surface area contributed by atoms with Crippen molar-refractivity contribution in [2.24, 2.45) is 5.92 Å². The lowest BCUT2D eigenvalue weighted by molar-refractivity contribution is -0.906. The Morgan fingerprint density at radius 1 is 1.12 bits per heavy atom. The van der Waals surface area contributed by atoms with E-state index in [2.05, 4.69) is 37.3 Å². The fraction of sp³-hybridized carbons (Fsp3) is 0.625. The Morgan fingerprint density at radius 3 is 2.47 bits per heavy atom. The van der Waals surface area contributed by atoms with E-state index in [0.717, 1.165) is 5.92 Å². The number of quaternary nitrogens is 1. The van der Waals surface area contributed by atoms with E-state index in [0.29, 0.717) is 0 Å². The van der Waals surface area contributed by atoms with E-state index in [1.807, 2.05) is 4.90 Å². The van der Waals surface area contributed by atoms with Crippen LogP contribution in [-0.2, 0) is 6.42 Å². The van der Waals surface area contributed by atoms with E-state index in [-0.39, 0.29) is 0 Å².